The number of fused-ring (bicyclic) bond motifs is 3. The summed E-state index contributed by atoms with van der Waals surface area (Å²) >= 11 is 0. The predicted octanol–water partition coefficient (Wildman–Crippen LogP) is 4.72. The average molecular weight is 384 g/mol. The maximum Gasteiger partial charge on any atom is 0.236 e. The SMILES string of the molecule is C=C1Nc2nc3ccccc3n2[C@@H](c2ccco2)[C@H]1C(=O)Nc1ccc(C)cc1. The molecule has 1 aliphatic heterocycles. The molecule has 0 radical (unpaired) electrons. The summed E-state index contributed by atoms with van der Waals surface area (Å²) in [5.41, 5.74) is 4.23. The monoisotopic (exact) mass is 384 g/mol. The molecule has 5 rings (SSSR count). The first kappa shape index (κ1) is 17.3. The minimum atomic E-state index is -0.576. The van der Waals surface area contributed by atoms with Gasteiger partial charge in [0, 0.05) is 11.4 Å². The lowest BCUT2D eigenvalue weighted by atomic mass is 9.91. The molecular formula is C23H20N4O2. The second-order valence-electron chi connectivity index (χ2n) is 7.24. The maximum atomic E-state index is 13.3. The number of furan rings is 1. The van der Waals surface area contributed by atoms with Crippen LogP contribution in [0.5, 0.6) is 0 Å². The topological polar surface area (TPSA) is 72.1 Å². The number of hydrogen-bond donors (Lipinski definition) is 2. The van der Waals surface area contributed by atoms with E-state index in [2.05, 4.69) is 22.2 Å². The van der Waals surface area contributed by atoms with Gasteiger partial charge in [-0.25, -0.2) is 4.98 Å². The fourth-order valence-corrected chi connectivity index (χ4v) is 3.88. The number of rotatable bonds is 3. The normalized spacial score (nSPS) is 18.3. The molecule has 0 bridgehead atoms. The summed E-state index contributed by atoms with van der Waals surface area (Å²) in [6.45, 7) is 6.15. The van der Waals surface area contributed by atoms with E-state index < -0.39 is 12.0 Å². The van der Waals surface area contributed by atoms with E-state index in [4.69, 9.17) is 4.42 Å². The van der Waals surface area contributed by atoms with E-state index in [1.54, 1.807) is 6.26 Å². The molecule has 1 amide bonds. The van der Waals surface area contributed by atoms with Crippen LogP contribution in [0.15, 0.2) is 83.6 Å². The molecule has 3 heterocycles. The molecule has 6 nitrogen and oxygen atoms in total. The molecule has 0 saturated carbocycles. The highest BCUT2D eigenvalue weighted by molar-refractivity contribution is 5.96. The molecule has 2 N–H and O–H groups in total. The molecule has 1 aliphatic rings. The van der Waals surface area contributed by atoms with Gasteiger partial charge in [0.2, 0.25) is 11.9 Å². The van der Waals surface area contributed by atoms with E-state index in [1.807, 2.05) is 72.2 Å². The summed E-state index contributed by atoms with van der Waals surface area (Å²) in [6.07, 6.45) is 1.62. The Bertz CT molecular complexity index is 1210. The van der Waals surface area contributed by atoms with Crippen molar-refractivity contribution in [2.45, 2.75) is 13.0 Å². The van der Waals surface area contributed by atoms with E-state index in [1.165, 1.54) is 0 Å². The zero-order valence-electron chi connectivity index (χ0n) is 15.9. The number of amides is 1. The third-order valence-corrected chi connectivity index (χ3v) is 5.27. The van der Waals surface area contributed by atoms with Crippen molar-refractivity contribution in [3.05, 3.63) is 90.5 Å². The van der Waals surface area contributed by atoms with Gasteiger partial charge in [0.15, 0.2) is 0 Å². The quantitative estimate of drug-likeness (QED) is 0.536. The van der Waals surface area contributed by atoms with Crippen LogP contribution in [0.4, 0.5) is 11.6 Å². The summed E-state index contributed by atoms with van der Waals surface area (Å²) < 4.78 is 7.76. The predicted molar refractivity (Wildman–Crippen MR) is 113 cm³/mol. The minimum Gasteiger partial charge on any atom is -0.467 e. The van der Waals surface area contributed by atoms with Gasteiger partial charge in [-0.1, -0.05) is 36.4 Å². The summed E-state index contributed by atoms with van der Waals surface area (Å²) in [6, 6.07) is 18.9. The Balaban J connectivity index is 1.61. The Kier molecular flexibility index (Phi) is 3.98. The van der Waals surface area contributed by atoms with E-state index in [9.17, 15) is 4.79 Å². The number of aryl methyl sites for hydroxylation is 1. The van der Waals surface area contributed by atoms with E-state index in [0.29, 0.717) is 17.4 Å². The van der Waals surface area contributed by atoms with E-state index in [-0.39, 0.29) is 5.91 Å². The first-order chi connectivity index (χ1) is 14.1. The number of imidazole rings is 1. The van der Waals surface area contributed by atoms with Crippen molar-refractivity contribution in [2.24, 2.45) is 5.92 Å². The minimum absolute atomic E-state index is 0.156. The number of aromatic nitrogens is 2. The van der Waals surface area contributed by atoms with Crippen molar-refractivity contribution in [3.63, 3.8) is 0 Å². The van der Waals surface area contributed by atoms with Gasteiger partial charge in [0.1, 0.15) is 17.7 Å². The Morgan fingerprint density at radius 2 is 1.93 bits per heavy atom. The number of carbonyl (C=O) groups is 1. The van der Waals surface area contributed by atoms with Gasteiger partial charge in [-0.3, -0.25) is 9.36 Å². The summed E-state index contributed by atoms with van der Waals surface area (Å²) in [5.74, 6) is 0.599. The van der Waals surface area contributed by atoms with E-state index in [0.717, 1.165) is 22.3 Å². The zero-order chi connectivity index (χ0) is 20.0. The molecule has 2 atom stereocenters. The maximum absolute atomic E-state index is 13.3. The van der Waals surface area contributed by atoms with Crippen LogP contribution in [0.3, 0.4) is 0 Å². The number of anilines is 2. The largest absolute Gasteiger partial charge is 0.467 e. The van der Waals surface area contributed by atoms with Crippen molar-refractivity contribution in [1.82, 2.24) is 9.55 Å². The highest BCUT2D eigenvalue weighted by Gasteiger charge is 2.41. The lowest BCUT2D eigenvalue weighted by molar-refractivity contribution is -0.119. The number of para-hydroxylation sites is 2. The van der Waals surface area contributed by atoms with Crippen LogP contribution < -0.4 is 10.6 Å². The molecule has 0 fully saturated rings. The standard InChI is InChI=1S/C23H20N4O2/c1-14-9-11-16(12-10-14)25-22(28)20-15(2)24-23-26-17-6-3-4-7-18(17)27(23)21(20)19-8-5-13-29-19/h3-13,20-21H,2H2,1H3,(H,24,26)(H,25,28)/t20-,21-/m0/s1. The van der Waals surface area contributed by atoms with Crippen molar-refractivity contribution < 1.29 is 9.21 Å². The fraction of sp³-hybridized carbons (Fsp3) is 0.130. The molecule has 0 spiro atoms. The number of nitrogens with zero attached hydrogens (tertiary/aromatic N) is 2. The summed E-state index contributed by atoms with van der Waals surface area (Å²) in [5, 5.41) is 6.24. The number of carbonyl (C=O) groups excluding carboxylic acids is 1. The Morgan fingerprint density at radius 1 is 1.14 bits per heavy atom. The Labute approximate surface area is 167 Å². The molecule has 4 aromatic rings. The lowest BCUT2D eigenvalue weighted by Crippen LogP contribution is -2.39. The van der Waals surface area contributed by atoms with Crippen LogP contribution in [0.25, 0.3) is 11.0 Å². The van der Waals surface area contributed by atoms with Gasteiger partial charge in [0.25, 0.3) is 0 Å². The summed E-state index contributed by atoms with van der Waals surface area (Å²) in [7, 11) is 0. The molecule has 144 valence electrons. The van der Waals surface area contributed by atoms with Crippen molar-refractivity contribution in [3.8, 4) is 0 Å². The van der Waals surface area contributed by atoms with E-state index >= 15 is 0 Å². The second kappa shape index (κ2) is 6.67. The van der Waals surface area contributed by atoms with Crippen LogP contribution in [0, 0.1) is 12.8 Å². The second-order valence-corrected chi connectivity index (χ2v) is 7.24. The van der Waals surface area contributed by atoms with Crippen LogP contribution in [-0.2, 0) is 4.79 Å². The average Bonchev–Trinajstić information content (AvgIpc) is 3.36. The highest BCUT2D eigenvalue weighted by Crippen LogP contribution is 2.41. The third-order valence-electron chi connectivity index (χ3n) is 5.27. The van der Waals surface area contributed by atoms with Gasteiger partial charge >= 0.3 is 0 Å². The van der Waals surface area contributed by atoms with Gasteiger partial charge in [0.05, 0.1) is 17.3 Å². The van der Waals surface area contributed by atoms with Gasteiger partial charge in [-0.05, 0) is 43.3 Å². The molecule has 6 heteroatoms. The molecule has 0 unspecified atom stereocenters. The zero-order valence-corrected chi connectivity index (χ0v) is 15.9. The van der Waals surface area contributed by atoms with Crippen molar-refractivity contribution in [1.29, 1.82) is 0 Å². The molecule has 0 aliphatic carbocycles. The molecule has 29 heavy (non-hydrogen) atoms. The molecule has 2 aromatic carbocycles. The lowest BCUT2D eigenvalue weighted by Gasteiger charge is -2.34. The van der Waals surface area contributed by atoms with Gasteiger partial charge in [-0.15, -0.1) is 0 Å². The van der Waals surface area contributed by atoms with Crippen molar-refractivity contribution >= 4 is 28.6 Å². The smallest absolute Gasteiger partial charge is 0.236 e. The first-order valence-electron chi connectivity index (χ1n) is 9.45. The van der Waals surface area contributed by atoms with Crippen LogP contribution in [0.2, 0.25) is 0 Å². The van der Waals surface area contributed by atoms with Gasteiger partial charge < -0.3 is 15.1 Å². The molecular weight excluding hydrogens is 364 g/mol. The fourth-order valence-electron chi connectivity index (χ4n) is 3.88. The number of hydrogen-bond acceptors (Lipinski definition) is 4. The Hall–Kier alpha value is -3.80. The first-order valence-corrected chi connectivity index (χ1v) is 9.45. The van der Waals surface area contributed by atoms with Crippen molar-refractivity contribution in [2.75, 3.05) is 10.6 Å². The number of nitrogens with one attached hydrogen (secondary N) is 2. The van der Waals surface area contributed by atoms with Crippen LogP contribution >= 0.6 is 0 Å². The highest BCUT2D eigenvalue weighted by atomic mass is 16.3. The van der Waals surface area contributed by atoms with Gasteiger partial charge in [-0.2, -0.15) is 0 Å². The molecule has 2 aromatic heterocycles. The third kappa shape index (κ3) is 2.89. The molecule has 0 saturated heterocycles. The summed E-state index contributed by atoms with van der Waals surface area (Å²) in [4.78, 5) is 18.0. The Morgan fingerprint density at radius 3 is 2.69 bits per heavy atom. The van der Waals surface area contributed by atoms with Crippen LogP contribution in [0.1, 0.15) is 17.4 Å². The number of benzene rings is 2. The van der Waals surface area contributed by atoms with Crippen LogP contribution in [-0.4, -0.2) is 15.5 Å².